The number of aromatic nitrogens is 2. The minimum atomic E-state index is 0.201. The Balaban J connectivity index is 1.43. The van der Waals surface area contributed by atoms with E-state index >= 15 is 0 Å². The highest BCUT2D eigenvalue weighted by Gasteiger charge is 2.29. The number of rotatable bonds is 4. The van der Waals surface area contributed by atoms with E-state index in [2.05, 4.69) is 73.1 Å². The predicted molar refractivity (Wildman–Crippen MR) is 112 cm³/mol. The zero-order chi connectivity index (χ0) is 19.7. The molecule has 0 aliphatic carbocycles. The van der Waals surface area contributed by atoms with Crippen molar-refractivity contribution in [1.82, 2.24) is 10.2 Å². The Morgan fingerprint density at radius 3 is 2.50 bits per heavy atom. The van der Waals surface area contributed by atoms with Crippen LogP contribution in [0.1, 0.15) is 35.5 Å². The number of nitrogens with zero attached hydrogens (tertiary/aromatic N) is 3. The molecule has 0 spiro atoms. The molecule has 1 N–H and O–H groups in total. The Morgan fingerprint density at radius 1 is 1.00 bits per heavy atom. The van der Waals surface area contributed by atoms with Crippen molar-refractivity contribution in [2.24, 2.45) is 0 Å². The predicted octanol–water partition coefficient (Wildman–Crippen LogP) is 3.13. The molecule has 0 saturated carbocycles. The Bertz CT molecular complexity index is 957. The van der Waals surface area contributed by atoms with Gasteiger partial charge in [0.2, 0.25) is 5.89 Å². The van der Waals surface area contributed by atoms with E-state index in [1.165, 1.54) is 27.3 Å². The molecule has 146 valence electrons. The third kappa shape index (κ3) is 3.67. The van der Waals surface area contributed by atoms with Crippen molar-refractivity contribution < 1.29 is 9.32 Å². The van der Waals surface area contributed by atoms with Gasteiger partial charge in [0.05, 0.1) is 26.2 Å². The van der Waals surface area contributed by atoms with E-state index in [0.717, 1.165) is 37.6 Å². The zero-order valence-corrected chi connectivity index (χ0v) is 17.2. The van der Waals surface area contributed by atoms with Crippen LogP contribution in [0.3, 0.4) is 0 Å². The van der Waals surface area contributed by atoms with E-state index in [9.17, 15) is 0 Å². The monoisotopic (exact) mass is 377 g/mol. The molecule has 1 aromatic heterocycles. The first kappa shape index (κ1) is 18.7. The Labute approximate surface area is 167 Å². The second-order valence-corrected chi connectivity index (χ2v) is 7.90. The highest BCUT2D eigenvalue weighted by atomic mass is 16.4. The lowest BCUT2D eigenvalue weighted by atomic mass is 10.1. The minimum Gasteiger partial charge on any atom is -0.415 e. The van der Waals surface area contributed by atoms with Crippen LogP contribution in [-0.2, 0) is 0 Å². The number of benzene rings is 2. The third-order valence-corrected chi connectivity index (χ3v) is 6.01. The maximum Gasteiger partial charge on any atom is 0.274 e. The molecule has 3 aromatic rings. The van der Waals surface area contributed by atoms with Gasteiger partial charge in [0.15, 0.2) is 6.04 Å². The van der Waals surface area contributed by atoms with Gasteiger partial charge in [-0.25, -0.2) is 0 Å². The molecule has 1 fully saturated rings. The molecule has 5 heteroatoms. The molecule has 2 aromatic carbocycles. The third-order valence-electron chi connectivity index (χ3n) is 6.01. The van der Waals surface area contributed by atoms with Gasteiger partial charge in [0, 0.05) is 11.3 Å². The lowest BCUT2D eigenvalue weighted by Gasteiger charge is -2.36. The van der Waals surface area contributed by atoms with Gasteiger partial charge < -0.3 is 14.2 Å². The smallest absolute Gasteiger partial charge is 0.274 e. The van der Waals surface area contributed by atoms with Crippen molar-refractivity contribution in [3.05, 3.63) is 65.0 Å². The lowest BCUT2D eigenvalue weighted by molar-refractivity contribution is -0.931. The summed E-state index contributed by atoms with van der Waals surface area (Å²) in [6.45, 7) is 12.9. The summed E-state index contributed by atoms with van der Waals surface area (Å²) in [5.41, 5.74) is 6.29. The van der Waals surface area contributed by atoms with Crippen molar-refractivity contribution in [2.75, 3.05) is 31.1 Å². The first-order valence-corrected chi connectivity index (χ1v) is 10.1. The van der Waals surface area contributed by atoms with Gasteiger partial charge in [-0.2, -0.15) is 0 Å². The summed E-state index contributed by atoms with van der Waals surface area (Å²) in [5.74, 6) is 1.34. The Kier molecular flexibility index (Phi) is 5.18. The molecule has 4 rings (SSSR count). The molecule has 0 unspecified atom stereocenters. The van der Waals surface area contributed by atoms with Gasteiger partial charge in [-0.05, 0) is 57.0 Å². The summed E-state index contributed by atoms with van der Waals surface area (Å²) in [5, 5.41) is 8.64. The summed E-state index contributed by atoms with van der Waals surface area (Å²) < 4.78 is 6.03. The molecule has 0 amide bonds. The van der Waals surface area contributed by atoms with Crippen molar-refractivity contribution >= 4 is 5.69 Å². The van der Waals surface area contributed by atoms with Crippen LogP contribution in [0, 0.1) is 20.8 Å². The largest absolute Gasteiger partial charge is 0.415 e. The van der Waals surface area contributed by atoms with Gasteiger partial charge >= 0.3 is 0 Å². The molecule has 2 heterocycles. The van der Waals surface area contributed by atoms with Gasteiger partial charge in [-0.3, -0.25) is 0 Å². The van der Waals surface area contributed by atoms with Crippen molar-refractivity contribution in [3.8, 4) is 11.5 Å². The molecule has 1 saturated heterocycles. The van der Waals surface area contributed by atoms with Gasteiger partial charge in [0.25, 0.3) is 5.89 Å². The fourth-order valence-corrected chi connectivity index (χ4v) is 4.02. The number of quaternary nitrogens is 1. The molecule has 1 atom stereocenters. The maximum atomic E-state index is 6.03. The van der Waals surface area contributed by atoms with Crippen LogP contribution in [0.2, 0.25) is 0 Å². The van der Waals surface area contributed by atoms with Gasteiger partial charge in [-0.1, -0.05) is 29.8 Å². The van der Waals surface area contributed by atoms with E-state index in [1.807, 2.05) is 12.1 Å². The lowest BCUT2D eigenvalue weighted by Crippen LogP contribution is -3.14. The molecular weight excluding hydrogens is 348 g/mol. The summed E-state index contributed by atoms with van der Waals surface area (Å²) in [7, 11) is 0. The van der Waals surface area contributed by atoms with E-state index < -0.39 is 0 Å². The second kappa shape index (κ2) is 7.76. The molecule has 0 bridgehead atoms. The summed E-state index contributed by atoms with van der Waals surface area (Å²) in [6.07, 6.45) is 0. The molecular formula is C23H29N4O+. The standard InChI is InChI=1S/C23H28N4O/c1-16-7-5-9-20(15-16)23-25-24-22(28-23)19(4)26-11-13-27(14-12-26)21-10-6-8-17(2)18(21)3/h5-10,15,19H,11-14H2,1-4H3/p+1/t19-/m0/s1. The summed E-state index contributed by atoms with van der Waals surface area (Å²) >= 11 is 0. The number of piperazine rings is 1. The highest BCUT2D eigenvalue weighted by Crippen LogP contribution is 2.23. The van der Waals surface area contributed by atoms with Crippen LogP contribution in [0.4, 0.5) is 5.69 Å². The first-order chi connectivity index (χ1) is 13.5. The average molecular weight is 378 g/mol. The maximum absolute atomic E-state index is 6.03. The van der Waals surface area contributed by atoms with Crippen LogP contribution < -0.4 is 9.80 Å². The SMILES string of the molecule is Cc1cccc(-c2nnc([C@H](C)[NH+]3CCN(c4cccc(C)c4C)CC3)o2)c1. The average Bonchev–Trinajstić information content (AvgIpc) is 3.20. The number of aryl methyl sites for hydroxylation is 2. The molecule has 1 aliphatic rings. The Morgan fingerprint density at radius 2 is 1.75 bits per heavy atom. The topological polar surface area (TPSA) is 46.6 Å². The van der Waals surface area contributed by atoms with Gasteiger partial charge in [-0.15, -0.1) is 10.2 Å². The van der Waals surface area contributed by atoms with E-state index in [1.54, 1.807) is 0 Å². The van der Waals surface area contributed by atoms with Crippen molar-refractivity contribution in [3.63, 3.8) is 0 Å². The van der Waals surface area contributed by atoms with Crippen LogP contribution in [0.15, 0.2) is 46.9 Å². The van der Waals surface area contributed by atoms with Crippen LogP contribution in [-0.4, -0.2) is 36.4 Å². The highest BCUT2D eigenvalue weighted by molar-refractivity contribution is 5.56. The molecule has 28 heavy (non-hydrogen) atoms. The van der Waals surface area contributed by atoms with Gasteiger partial charge in [0.1, 0.15) is 0 Å². The number of anilines is 1. The van der Waals surface area contributed by atoms with E-state index in [-0.39, 0.29) is 6.04 Å². The summed E-state index contributed by atoms with van der Waals surface area (Å²) in [4.78, 5) is 4.01. The minimum absolute atomic E-state index is 0.201. The van der Waals surface area contributed by atoms with Crippen LogP contribution >= 0.6 is 0 Å². The van der Waals surface area contributed by atoms with E-state index in [4.69, 9.17) is 4.42 Å². The quantitative estimate of drug-likeness (QED) is 0.759. The summed E-state index contributed by atoms with van der Waals surface area (Å²) in [6, 6.07) is 15.0. The number of hydrogen-bond acceptors (Lipinski definition) is 4. The Hall–Kier alpha value is -2.66. The fourth-order valence-electron chi connectivity index (χ4n) is 4.02. The van der Waals surface area contributed by atoms with Crippen molar-refractivity contribution in [1.29, 1.82) is 0 Å². The fraction of sp³-hybridized carbons (Fsp3) is 0.391. The second-order valence-electron chi connectivity index (χ2n) is 7.90. The molecule has 5 nitrogen and oxygen atoms in total. The normalized spacial score (nSPS) is 16.4. The molecule has 0 radical (unpaired) electrons. The van der Waals surface area contributed by atoms with Crippen LogP contribution in [0.25, 0.3) is 11.5 Å². The van der Waals surface area contributed by atoms with Crippen LogP contribution in [0.5, 0.6) is 0 Å². The number of hydrogen-bond donors (Lipinski definition) is 1. The number of nitrogens with one attached hydrogen (secondary N) is 1. The first-order valence-electron chi connectivity index (χ1n) is 10.1. The van der Waals surface area contributed by atoms with Crippen molar-refractivity contribution in [2.45, 2.75) is 33.7 Å². The van der Waals surface area contributed by atoms with E-state index in [0.29, 0.717) is 5.89 Å². The molecule has 1 aliphatic heterocycles. The zero-order valence-electron chi connectivity index (χ0n) is 17.2.